The van der Waals surface area contributed by atoms with Gasteiger partial charge in [0.2, 0.25) is 11.8 Å². The largest absolute Gasteiger partial charge is 0.475 e. The van der Waals surface area contributed by atoms with Crippen molar-refractivity contribution in [2.75, 3.05) is 26.2 Å². The summed E-state index contributed by atoms with van der Waals surface area (Å²) in [5, 5.41) is 21.0. The highest BCUT2D eigenvalue weighted by molar-refractivity contribution is 7.13. The molecule has 0 radical (unpaired) electrons. The number of carbonyl (C=O) groups excluding carboxylic acids is 2. The van der Waals surface area contributed by atoms with Gasteiger partial charge in [0.1, 0.15) is 12.0 Å². The fourth-order valence-electron chi connectivity index (χ4n) is 5.85. The second-order valence-electron chi connectivity index (χ2n) is 11.8. The molecule has 3 aromatic rings. The molecule has 2 saturated heterocycles. The van der Waals surface area contributed by atoms with Crippen LogP contribution >= 0.6 is 11.3 Å². The molecule has 2 aliphatic rings. The summed E-state index contributed by atoms with van der Waals surface area (Å²) in [6.45, 7) is 10.4. The van der Waals surface area contributed by atoms with Crippen LogP contribution in [0.2, 0.25) is 0 Å². The summed E-state index contributed by atoms with van der Waals surface area (Å²) in [6, 6.07) is 8.67. The predicted molar refractivity (Wildman–Crippen MR) is 160 cm³/mol. The van der Waals surface area contributed by atoms with Crippen LogP contribution in [0.1, 0.15) is 69.0 Å². The molecule has 2 fully saturated rings. The van der Waals surface area contributed by atoms with Crippen LogP contribution in [0.3, 0.4) is 0 Å². The Labute approximate surface area is 250 Å². The molecule has 4 atom stereocenters. The summed E-state index contributed by atoms with van der Waals surface area (Å²) in [4.78, 5) is 34.3. The summed E-state index contributed by atoms with van der Waals surface area (Å²) in [6.07, 6.45) is 1.50. The minimum atomic E-state index is -0.784. The van der Waals surface area contributed by atoms with E-state index in [1.807, 2.05) is 57.5 Å². The van der Waals surface area contributed by atoms with Crippen LogP contribution in [-0.2, 0) is 9.59 Å². The summed E-state index contributed by atoms with van der Waals surface area (Å²) < 4.78 is 11.5. The number of aryl methyl sites for hydroxylation is 1. The van der Waals surface area contributed by atoms with Gasteiger partial charge in [0.05, 0.1) is 34.8 Å². The number of nitrogens with zero attached hydrogens (tertiary/aromatic N) is 3. The molecule has 0 saturated carbocycles. The Bertz CT molecular complexity index is 1350. The molecule has 2 amide bonds. The molecule has 2 aromatic heterocycles. The number of hydrogen-bond donors (Lipinski definition) is 3. The number of nitrogens with one attached hydrogen (secondary N) is 2. The standard InChI is InChI=1S/C31H41N5O5S/c1-18(2)28(26-14-27(35-41-26)40-16-21-9-11-32-12-10-21)31(39)36-15-24(37)13-25(36)30(38)34-19(3)22-5-7-23(8-6-22)29-20(4)33-17-42-29/h5-8,14,17-19,21,24-25,28,32,37H,9-13,15-16H2,1-4H3,(H,34,38)/t19-,24+,25-,28+/m0/s1. The maximum absolute atomic E-state index is 13.9. The van der Waals surface area contributed by atoms with E-state index in [-0.39, 0.29) is 36.7 Å². The number of amides is 2. The Kier molecular flexibility index (Phi) is 9.60. The normalized spacial score (nSPS) is 21.0. The molecule has 3 N–H and O–H groups in total. The topological polar surface area (TPSA) is 130 Å². The van der Waals surface area contributed by atoms with Crippen molar-refractivity contribution in [1.29, 1.82) is 0 Å². The van der Waals surface area contributed by atoms with Crippen LogP contribution in [-0.4, -0.2) is 70.3 Å². The maximum Gasteiger partial charge on any atom is 0.254 e. The highest BCUT2D eigenvalue weighted by Gasteiger charge is 2.43. The lowest BCUT2D eigenvalue weighted by Crippen LogP contribution is -2.48. The monoisotopic (exact) mass is 595 g/mol. The Balaban J connectivity index is 1.24. The molecule has 0 unspecified atom stereocenters. The first-order valence-electron chi connectivity index (χ1n) is 14.8. The van der Waals surface area contributed by atoms with E-state index in [9.17, 15) is 14.7 Å². The predicted octanol–water partition coefficient (Wildman–Crippen LogP) is 4.06. The number of rotatable bonds is 10. The van der Waals surface area contributed by atoms with E-state index in [1.54, 1.807) is 17.4 Å². The molecule has 226 valence electrons. The summed E-state index contributed by atoms with van der Waals surface area (Å²) in [7, 11) is 0. The number of aliphatic hydroxyl groups excluding tert-OH is 1. The van der Waals surface area contributed by atoms with E-state index in [0.717, 1.165) is 47.6 Å². The number of aromatic nitrogens is 2. The fraction of sp³-hybridized carbons (Fsp3) is 0.548. The van der Waals surface area contributed by atoms with Crippen molar-refractivity contribution in [3.8, 4) is 16.3 Å². The number of hydrogen-bond acceptors (Lipinski definition) is 9. The summed E-state index contributed by atoms with van der Waals surface area (Å²) in [5.41, 5.74) is 4.86. The van der Waals surface area contributed by atoms with Crippen molar-refractivity contribution in [3.05, 3.63) is 52.9 Å². The van der Waals surface area contributed by atoms with Crippen molar-refractivity contribution < 1.29 is 24.0 Å². The van der Waals surface area contributed by atoms with Crippen molar-refractivity contribution >= 4 is 23.2 Å². The lowest BCUT2D eigenvalue weighted by molar-refractivity contribution is -0.141. The molecule has 4 heterocycles. The minimum absolute atomic E-state index is 0.0879. The molecule has 1 aromatic carbocycles. The van der Waals surface area contributed by atoms with Gasteiger partial charge in [-0.1, -0.05) is 38.1 Å². The maximum atomic E-state index is 13.9. The van der Waals surface area contributed by atoms with Gasteiger partial charge in [0, 0.05) is 19.0 Å². The van der Waals surface area contributed by atoms with Crippen molar-refractivity contribution in [3.63, 3.8) is 0 Å². The van der Waals surface area contributed by atoms with Crippen LogP contribution in [0.15, 0.2) is 40.4 Å². The van der Waals surface area contributed by atoms with E-state index >= 15 is 0 Å². The van der Waals surface area contributed by atoms with Crippen molar-refractivity contribution in [1.82, 2.24) is 25.7 Å². The highest BCUT2D eigenvalue weighted by atomic mass is 32.1. The third-order valence-electron chi connectivity index (χ3n) is 8.31. The van der Waals surface area contributed by atoms with Gasteiger partial charge in [-0.15, -0.1) is 11.3 Å². The van der Waals surface area contributed by atoms with Crippen LogP contribution in [0.25, 0.3) is 10.4 Å². The molecular formula is C31H41N5O5S. The second kappa shape index (κ2) is 13.4. The SMILES string of the molecule is Cc1ncsc1-c1ccc([C@H](C)NC(=O)[C@@H]2C[C@@H](O)CN2C(=O)[C@@H](c2cc(OCC3CCNCC3)no2)C(C)C)cc1. The van der Waals surface area contributed by atoms with Crippen molar-refractivity contribution in [2.24, 2.45) is 11.8 Å². The van der Waals surface area contributed by atoms with E-state index in [2.05, 4.69) is 20.8 Å². The van der Waals surface area contributed by atoms with Crippen LogP contribution in [0, 0.1) is 18.8 Å². The molecule has 10 nitrogen and oxygen atoms in total. The number of piperidine rings is 1. The number of thiazole rings is 1. The first-order chi connectivity index (χ1) is 20.2. The molecule has 2 aliphatic heterocycles. The number of likely N-dealkylation sites (tertiary alicyclic amines) is 1. The Morgan fingerprint density at radius 1 is 1.21 bits per heavy atom. The fourth-order valence-corrected chi connectivity index (χ4v) is 6.66. The average Bonchev–Trinajstić information content (AvgIpc) is 3.72. The number of carbonyl (C=O) groups is 2. The third kappa shape index (κ3) is 6.85. The van der Waals surface area contributed by atoms with E-state index in [0.29, 0.717) is 24.2 Å². The van der Waals surface area contributed by atoms with Crippen LogP contribution in [0.4, 0.5) is 0 Å². The zero-order chi connectivity index (χ0) is 29.8. The smallest absolute Gasteiger partial charge is 0.254 e. The zero-order valence-electron chi connectivity index (χ0n) is 24.7. The lowest BCUT2D eigenvalue weighted by Gasteiger charge is -2.29. The summed E-state index contributed by atoms with van der Waals surface area (Å²) in [5.74, 6) is -0.107. The lowest BCUT2D eigenvalue weighted by atomic mass is 9.91. The van der Waals surface area contributed by atoms with Gasteiger partial charge < -0.3 is 29.9 Å². The Hall–Kier alpha value is -3.28. The van der Waals surface area contributed by atoms with Crippen LogP contribution in [0.5, 0.6) is 5.88 Å². The van der Waals surface area contributed by atoms with Crippen molar-refractivity contribution in [2.45, 2.75) is 71.1 Å². The quantitative estimate of drug-likeness (QED) is 0.320. The van der Waals surface area contributed by atoms with Gasteiger partial charge in [0.15, 0.2) is 5.76 Å². The third-order valence-corrected chi connectivity index (χ3v) is 9.29. The van der Waals surface area contributed by atoms with Gasteiger partial charge in [0.25, 0.3) is 5.88 Å². The van der Waals surface area contributed by atoms with Gasteiger partial charge >= 0.3 is 0 Å². The minimum Gasteiger partial charge on any atom is -0.475 e. The molecule has 0 spiro atoms. The molecule has 5 rings (SSSR count). The second-order valence-corrected chi connectivity index (χ2v) is 12.7. The van der Waals surface area contributed by atoms with Gasteiger partial charge in [-0.05, 0) is 67.9 Å². The summed E-state index contributed by atoms with van der Waals surface area (Å²) >= 11 is 1.60. The average molecular weight is 596 g/mol. The van der Waals surface area contributed by atoms with E-state index < -0.39 is 18.1 Å². The van der Waals surface area contributed by atoms with Gasteiger partial charge in [-0.3, -0.25) is 9.59 Å². The number of β-amino-alcohol motifs (C(OH)–C–C–N with tert-alkyl or cyclic N) is 1. The highest BCUT2D eigenvalue weighted by Crippen LogP contribution is 2.33. The Morgan fingerprint density at radius 3 is 2.62 bits per heavy atom. The number of aliphatic hydroxyl groups is 1. The molecule has 11 heteroatoms. The molecular weight excluding hydrogens is 554 g/mol. The first kappa shape index (κ1) is 30.2. The van der Waals surface area contributed by atoms with Gasteiger partial charge in [-0.25, -0.2) is 4.98 Å². The molecule has 42 heavy (non-hydrogen) atoms. The molecule has 0 aliphatic carbocycles. The molecule has 0 bridgehead atoms. The zero-order valence-corrected chi connectivity index (χ0v) is 25.5. The first-order valence-corrected chi connectivity index (χ1v) is 15.7. The number of benzene rings is 1. The number of ether oxygens (including phenoxy) is 1. The van der Waals surface area contributed by atoms with Gasteiger partial charge in [-0.2, -0.15) is 0 Å². The van der Waals surface area contributed by atoms with E-state index in [1.165, 1.54) is 4.90 Å². The Morgan fingerprint density at radius 2 is 1.95 bits per heavy atom. The van der Waals surface area contributed by atoms with Crippen LogP contribution < -0.4 is 15.4 Å². The van der Waals surface area contributed by atoms with E-state index in [4.69, 9.17) is 9.26 Å².